The molecule has 1 fully saturated rings. The molecule has 1 unspecified atom stereocenters. The molecule has 26 heteroatoms. The van der Waals surface area contributed by atoms with Crippen LogP contribution in [-0.2, 0) is 103 Å². The van der Waals surface area contributed by atoms with Crippen LogP contribution in [0.2, 0.25) is 0 Å². The molecule has 0 spiro atoms. The van der Waals surface area contributed by atoms with Crippen LogP contribution in [0.15, 0.2) is 60.7 Å². The molecule has 5 amide bonds. The Labute approximate surface area is 390 Å². The Kier molecular flexibility index (Phi) is 22.6. The number of nitrogens with two attached hydrogens (primary N) is 1. The maximum atomic E-state index is 14.1. The van der Waals surface area contributed by atoms with Crippen molar-refractivity contribution in [3.8, 4) is 0 Å². The van der Waals surface area contributed by atoms with Crippen LogP contribution in [0.5, 0.6) is 0 Å². The first-order valence-corrected chi connectivity index (χ1v) is 22.2. The van der Waals surface area contributed by atoms with E-state index in [-0.39, 0.29) is 19.8 Å². The van der Waals surface area contributed by atoms with E-state index in [0.29, 0.717) is 5.56 Å². The summed E-state index contributed by atoms with van der Waals surface area (Å²) in [5, 5.41) is 9.39. The van der Waals surface area contributed by atoms with E-state index in [1.54, 1.807) is 60.7 Å². The number of hydrogen-bond donors (Lipinski definition) is 6. The van der Waals surface area contributed by atoms with Crippen molar-refractivity contribution < 1.29 is 94.8 Å². The Morgan fingerprint density at radius 3 is 1.53 bits per heavy atom. The predicted molar refractivity (Wildman–Crippen MR) is 229 cm³/mol. The lowest BCUT2D eigenvalue weighted by Crippen LogP contribution is -2.62. The van der Waals surface area contributed by atoms with Crippen molar-refractivity contribution >= 4 is 61.2 Å². The monoisotopic (exact) mass is 981 g/mol. The number of benzene rings is 2. The molecule has 2 aromatic carbocycles. The van der Waals surface area contributed by atoms with Crippen molar-refractivity contribution in [1.29, 1.82) is 0 Å². The average Bonchev–Trinajstić information content (AvgIpc) is 3.25. The highest BCUT2D eigenvalue weighted by molar-refractivity contribution is 7.47. The zero-order chi connectivity index (χ0) is 50.6. The molecule has 1 aliphatic heterocycles. The molecule has 10 atom stereocenters. The SMILES string of the molecule is CC(=O)N[C@@H](COCc1ccccc1)C(=O)N[C@@H](COCc1ccccc1)C(=O)N[C@@H](COP(=O)(O)O[C@H]1O[C@H](COC(C)=O)[C@@H](OC(C)=O)[C@H](OC(C)=O)[C@@H]1OC(C)=O)C(=O)N[C@@H](C)C(N)=O. The van der Waals surface area contributed by atoms with E-state index in [4.69, 9.17) is 47.9 Å². The second-order valence-corrected chi connectivity index (χ2v) is 16.4. The number of nitrogens with one attached hydrogen (secondary N) is 4. The molecule has 25 nitrogen and oxygen atoms in total. The van der Waals surface area contributed by atoms with Crippen molar-refractivity contribution in [2.45, 2.75) is 110 Å². The molecule has 1 saturated heterocycles. The maximum Gasteiger partial charge on any atom is 0.474 e. The van der Waals surface area contributed by atoms with Crippen LogP contribution in [0.1, 0.15) is 52.7 Å². The molecule has 68 heavy (non-hydrogen) atoms. The van der Waals surface area contributed by atoms with Gasteiger partial charge in [-0.2, -0.15) is 0 Å². The normalized spacial score (nSPS) is 20.3. The third kappa shape index (κ3) is 19.9. The van der Waals surface area contributed by atoms with Gasteiger partial charge < -0.3 is 65.1 Å². The summed E-state index contributed by atoms with van der Waals surface area (Å²) in [4.78, 5) is 125. The molecule has 0 aromatic heterocycles. The maximum absolute atomic E-state index is 14.1. The van der Waals surface area contributed by atoms with Gasteiger partial charge in [-0.15, -0.1) is 0 Å². The quantitative estimate of drug-likeness (QED) is 0.0378. The molecule has 0 saturated carbocycles. The van der Waals surface area contributed by atoms with Crippen molar-refractivity contribution in [1.82, 2.24) is 21.3 Å². The van der Waals surface area contributed by atoms with E-state index in [0.717, 1.165) is 40.2 Å². The van der Waals surface area contributed by atoms with Crippen molar-refractivity contribution in [3.63, 3.8) is 0 Å². The molecule has 7 N–H and O–H groups in total. The summed E-state index contributed by atoms with van der Waals surface area (Å²) in [6, 6.07) is 11.2. The molecular formula is C42H56N5O20P. The number of phosphoric acid groups is 1. The molecule has 0 radical (unpaired) electrons. The number of carbonyl (C=O) groups is 9. The van der Waals surface area contributed by atoms with Gasteiger partial charge in [0.1, 0.15) is 36.9 Å². The van der Waals surface area contributed by atoms with Gasteiger partial charge in [0.05, 0.1) is 33.0 Å². The van der Waals surface area contributed by atoms with Gasteiger partial charge in [-0.25, -0.2) is 4.57 Å². The number of ether oxygens (including phenoxy) is 7. The number of amides is 5. The van der Waals surface area contributed by atoms with Gasteiger partial charge in [-0.05, 0) is 18.1 Å². The van der Waals surface area contributed by atoms with Gasteiger partial charge in [-0.3, -0.25) is 52.2 Å². The van der Waals surface area contributed by atoms with Crippen LogP contribution >= 0.6 is 7.82 Å². The summed E-state index contributed by atoms with van der Waals surface area (Å²) in [6.45, 7) is 3.30. The lowest BCUT2D eigenvalue weighted by molar-refractivity contribution is -0.291. The first-order valence-electron chi connectivity index (χ1n) is 20.7. The zero-order valence-electron chi connectivity index (χ0n) is 37.9. The standard InChI is InChI=1S/C42H56N5O20P/c1-23(38(43)53)44-39(54)33(21-62-68(57,58)67-42-37(65-28(6)52)36(64-27(5)51)35(63-26(4)50)34(66-42)22-61-25(3)49)47-41(56)32(20-60-18-30-15-11-8-12-16-30)46-40(55)31(45-24(2)48)19-59-17-29-13-9-7-10-14-29/h7-16,23,31-37,42H,17-22H2,1-6H3,(H2,43,53)(H,44,54)(H,45,48)(H,46,55)(H,47,56)(H,57,58)/t23-,31-,32-,33-,34+,35+,36-,37-,42+/m0/s1. The minimum Gasteiger partial charge on any atom is -0.463 e. The fraction of sp³-hybridized carbons (Fsp3) is 0.500. The van der Waals surface area contributed by atoms with Gasteiger partial charge in [0.2, 0.25) is 35.8 Å². The topological polar surface area (TPSA) is 348 Å². The zero-order valence-corrected chi connectivity index (χ0v) is 38.8. The number of primary amides is 1. The minimum atomic E-state index is -5.61. The summed E-state index contributed by atoms with van der Waals surface area (Å²) in [6.07, 6.45) is -9.27. The van der Waals surface area contributed by atoms with Crippen LogP contribution in [0, 0.1) is 0 Å². The lowest BCUT2D eigenvalue weighted by atomic mass is 9.98. The molecule has 2 aromatic rings. The Bertz CT molecular complexity index is 2120. The summed E-state index contributed by atoms with van der Waals surface area (Å²) < 4.78 is 62.0. The Balaban J connectivity index is 1.94. The molecule has 374 valence electrons. The van der Waals surface area contributed by atoms with Gasteiger partial charge in [0.15, 0.2) is 18.3 Å². The number of esters is 4. The van der Waals surface area contributed by atoms with Gasteiger partial charge in [-0.1, -0.05) is 60.7 Å². The molecule has 3 rings (SSSR count). The predicted octanol–water partition coefficient (Wildman–Crippen LogP) is -0.899. The van der Waals surface area contributed by atoms with E-state index >= 15 is 0 Å². The number of carbonyl (C=O) groups excluding carboxylic acids is 9. The summed E-state index contributed by atoms with van der Waals surface area (Å²) in [5.41, 5.74) is 6.76. The van der Waals surface area contributed by atoms with Crippen LogP contribution in [-0.4, -0.2) is 140 Å². The first-order chi connectivity index (χ1) is 32.0. The Morgan fingerprint density at radius 1 is 0.632 bits per heavy atom. The van der Waals surface area contributed by atoms with E-state index < -0.39 is 136 Å². The highest BCUT2D eigenvalue weighted by Gasteiger charge is 2.54. The molecule has 1 aliphatic rings. The Morgan fingerprint density at radius 2 is 1.07 bits per heavy atom. The highest BCUT2D eigenvalue weighted by atomic mass is 31.2. The summed E-state index contributed by atoms with van der Waals surface area (Å²) in [7, 11) is -5.61. The molecule has 1 heterocycles. The van der Waals surface area contributed by atoms with Crippen molar-refractivity contribution in [2.24, 2.45) is 5.73 Å². The van der Waals surface area contributed by atoms with Crippen molar-refractivity contribution in [2.75, 3.05) is 26.4 Å². The third-order valence-corrected chi connectivity index (χ3v) is 10.1. The van der Waals surface area contributed by atoms with E-state index in [1.165, 1.54) is 6.92 Å². The fourth-order valence-electron chi connectivity index (χ4n) is 6.07. The van der Waals surface area contributed by atoms with E-state index in [9.17, 15) is 52.6 Å². The summed E-state index contributed by atoms with van der Waals surface area (Å²) >= 11 is 0. The van der Waals surface area contributed by atoms with E-state index in [2.05, 4.69) is 21.3 Å². The largest absolute Gasteiger partial charge is 0.474 e. The molecular weight excluding hydrogens is 925 g/mol. The molecule has 0 bridgehead atoms. The second-order valence-electron chi connectivity index (χ2n) is 14.9. The lowest BCUT2D eigenvalue weighted by Gasteiger charge is -2.44. The minimum absolute atomic E-state index is 0.0565. The van der Waals surface area contributed by atoms with Gasteiger partial charge in [0, 0.05) is 34.6 Å². The van der Waals surface area contributed by atoms with Gasteiger partial charge in [0.25, 0.3) is 0 Å². The third-order valence-electron chi connectivity index (χ3n) is 9.13. The Hall–Kier alpha value is -6.34. The first kappa shape index (κ1) is 56.0. The summed E-state index contributed by atoms with van der Waals surface area (Å²) in [5.74, 6) is -8.82. The molecule has 0 aliphatic carbocycles. The van der Waals surface area contributed by atoms with E-state index in [1.807, 2.05) is 0 Å². The van der Waals surface area contributed by atoms with Gasteiger partial charge >= 0.3 is 31.7 Å². The number of hydrogen-bond acceptors (Lipinski definition) is 19. The fourth-order valence-corrected chi connectivity index (χ4v) is 6.90. The number of rotatable bonds is 26. The van der Waals surface area contributed by atoms with Crippen molar-refractivity contribution in [3.05, 3.63) is 71.8 Å². The van der Waals surface area contributed by atoms with Crippen LogP contribution in [0.25, 0.3) is 0 Å². The smallest absolute Gasteiger partial charge is 0.463 e. The van der Waals surface area contributed by atoms with Crippen LogP contribution < -0.4 is 27.0 Å². The second kappa shape index (κ2) is 27.5. The van der Waals surface area contributed by atoms with Crippen LogP contribution in [0.4, 0.5) is 0 Å². The number of phosphoric ester groups is 1. The average molecular weight is 982 g/mol. The highest BCUT2D eigenvalue weighted by Crippen LogP contribution is 2.47. The van der Waals surface area contributed by atoms with Crippen LogP contribution in [0.3, 0.4) is 0 Å².